The zero-order chi connectivity index (χ0) is 18.9. The molecule has 0 unspecified atom stereocenters. The zero-order valence-electron chi connectivity index (χ0n) is 15.9. The third-order valence-corrected chi connectivity index (χ3v) is 6.86. The highest BCUT2D eigenvalue weighted by atomic mass is 32.2. The molecule has 0 aromatic heterocycles. The largest absolute Gasteiger partial charge is 0.369 e. The second-order valence-corrected chi connectivity index (χ2v) is 8.55. The summed E-state index contributed by atoms with van der Waals surface area (Å²) in [5, 5.41) is 2.74. The second-order valence-electron chi connectivity index (χ2n) is 7.48. The molecule has 0 bridgehead atoms. The number of nitrogens with zero attached hydrogens (tertiary/aromatic N) is 3. The lowest BCUT2D eigenvalue weighted by Gasteiger charge is -2.36. The maximum atomic E-state index is 13.1. The molecule has 1 saturated heterocycles. The molecule has 0 aliphatic carbocycles. The summed E-state index contributed by atoms with van der Waals surface area (Å²) in [6.45, 7) is 6.35. The minimum absolute atomic E-state index is 0.167. The zero-order valence-corrected chi connectivity index (χ0v) is 16.7. The number of hydrogen-bond donors (Lipinski definition) is 0. The van der Waals surface area contributed by atoms with E-state index in [-0.39, 0.29) is 5.82 Å². The van der Waals surface area contributed by atoms with Gasteiger partial charge in [0.15, 0.2) is 0 Å². The molecular formula is C23H24FN3S. The fourth-order valence-corrected chi connectivity index (χ4v) is 5.39. The molecule has 2 aliphatic heterocycles. The Bertz CT molecular complexity index is 962. The van der Waals surface area contributed by atoms with Gasteiger partial charge in [0.25, 0.3) is 0 Å². The average molecular weight is 394 g/mol. The van der Waals surface area contributed by atoms with Crippen molar-refractivity contribution in [3.05, 3.63) is 66.5 Å². The van der Waals surface area contributed by atoms with E-state index in [1.165, 1.54) is 21.4 Å². The Morgan fingerprint density at radius 1 is 0.821 bits per heavy atom. The van der Waals surface area contributed by atoms with Crippen LogP contribution in [0.1, 0.15) is 6.42 Å². The van der Waals surface area contributed by atoms with E-state index in [9.17, 15) is 4.39 Å². The molecule has 1 fully saturated rings. The van der Waals surface area contributed by atoms with Crippen molar-refractivity contribution in [1.82, 2.24) is 4.90 Å². The van der Waals surface area contributed by atoms with Crippen molar-refractivity contribution in [2.45, 2.75) is 11.3 Å². The van der Waals surface area contributed by atoms with E-state index in [1.54, 1.807) is 12.1 Å². The van der Waals surface area contributed by atoms with Crippen LogP contribution >= 0.6 is 11.9 Å². The van der Waals surface area contributed by atoms with Gasteiger partial charge in [-0.15, -0.1) is 0 Å². The predicted molar refractivity (Wildman–Crippen MR) is 117 cm³/mol. The van der Waals surface area contributed by atoms with Crippen molar-refractivity contribution in [2.24, 2.45) is 0 Å². The lowest BCUT2D eigenvalue weighted by molar-refractivity contribution is 0.256. The Hall–Kier alpha value is -2.24. The molecule has 0 radical (unpaired) electrons. The number of piperazine rings is 1. The van der Waals surface area contributed by atoms with Gasteiger partial charge in [0.2, 0.25) is 0 Å². The molecule has 5 heteroatoms. The molecule has 2 aliphatic rings. The summed E-state index contributed by atoms with van der Waals surface area (Å²) in [5.74, 6) is -0.167. The van der Waals surface area contributed by atoms with Crippen LogP contribution in [0.4, 0.5) is 15.8 Å². The number of halogens is 1. The van der Waals surface area contributed by atoms with Gasteiger partial charge in [-0.3, -0.25) is 4.90 Å². The molecule has 0 saturated carbocycles. The van der Waals surface area contributed by atoms with Crippen LogP contribution < -0.4 is 9.21 Å². The van der Waals surface area contributed by atoms with E-state index in [0.29, 0.717) is 0 Å². The summed E-state index contributed by atoms with van der Waals surface area (Å²) in [6, 6.07) is 20.1. The average Bonchev–Trinajstić information content (AvgIpc) is 3.09. The maximum absolute atomic E-state index is 13.1. The van der Waals surface area contributed by atoms with Crippen molar-refractivity contribution in [2.75, 3.05) is 48.5 Å². The van der Waals surface area contributed by atoms with E-state index >= 15 is 0 Å². The van der Waals surface area contributed by atoms with Crippen LogP contribution in [0.2, 0.25) is 0 Å². The van der Waals surface area contributed by atoms with E-state index < -0.39 is 0 Å². The molecule has 2 heterocycles. The molecule has 0 spiro atoms. The standard InChI is InChI=1S/C23H24FN3S/c24-19-8-10-20(11-9-19)26-16-14-25(15-17-26)12-3-13-27-21-6-1-4-18-5-2-7-22(28-27)23(18)21/h1-2,4-11H,3,12-17H2. The molecule has 3 aromatic rings. The first kappa shape index (κ1) is 17.8. The summed E-state index contributed by atoms with van der Waals surface area (Å²) in [7, 11) is 0. The fraction of sp³-hybridized carbons (Fsp3) is 0.304. The van der Waals surface area contributed by atoms with Gasteiger partial charge in [-0.05, 0) is 66.7 Å². The SMILES string of the molecule is Fc1ccc(N2CCN(CCCN3Sc4cccc5cccc3c45)CC2)cc1. The second kappa shape index (κ2) is 7.64. The fourth-order valence-electron chi connectivity index (χ4n) is 4.22. The van der Waals surface area contributed by atoms with Gasteiger partial charge in [0.1, 0.15) is 5.82 Å². The maximum Gasteiger partial charge on any atom is 0.123 e. The first-order valence-corrected chi connectivity index (χ1v) is 10.8. The van der Waals surface area contributed by atoms with Crippen LogP contribution in [0, 0.1) is 5.82 Å². The highest BCUT2D eigenvalue weighted by Gasteiger charge is 2.22. The van der Waals surface area contributed by atoms with E-state index in [4.69, 9.17) is 0 Å². The Balaban J connectivity index is 1.13. The van der Waals surface area contributed by atoms with Crippen LogP contribution in [0.15, 0.2) is 65.6 Å². The van der Waals surface area contributed by atoms with Crippen LogP contribution in [0.3, 0.4) is 0 Å². The van der Waals surface area contributed by atoms with Gasteiger partial charge in [-0.25, -0.2) is 4.39 Å². The monoisotopic (exact) mass is 393 g/mol. The summed E-state index contributed by atoms with van der Waals surface area (Å²) in [6.07, 6.45) is 1.16. The van der Waals surface area contributed by atoms with Crippen LogP contribution in [0.5, 0.6) is 0 Å². The minimum atomic E-state index is -0.167. The summed E-state index contributed by atoms with van der Waals surface area (Å²) >= 11 is 1.88. The Morgan fingerprint density at radius 2 is 1.57 bits per heavy atom. The van der Waals surface area contributed by atoms with Crippen molar-refractivity contribution < 1.29 is 4.39 Å². The Morgan fingerprint density at radius 3 is 2.36 bits per heavy atom. The molecular weight excluding hydrogens is 369 g/mol. The van der Waals surface area contributed by atoms with E-state index in [2.05, 4.69) is 50.5 Å². The van der Waals surface area contributed by atoms with Crippen LogP contribution in [-0.4, -0.2) is 44.2 Å². The predicted octanol–water partition coefficient (Wildman–Crippen LogP) is 5.02. The third-order valence-electron chi connectivity index (χ3n) is 5.72. The van der Waals surface area contributed by atoms with E-state index in [0.717, 1.165) is 51.4 Å². The van der Waals surface area contributed by atoms with Gasteiger partial charge in [0, 0.05) is 48.7 Å². The highest BCUT2D eigenvalue weighted by molar-refractivity contribution is 8.01. The number of rotatable bonds is 5. The van der Waals surface area contributed by atoms with Crippen molar-refractivity contribution in [3.63, 3.8) is 0 Å². The topological polar surface area (TPSA) is 9.72 Å². The van der Waals surface area contributed by atoms with Gasteiger partial charge >= 0.3 is 0 Å². The van der Waals surface area contributed by atoms with Crippen LogP contribution in [-0.2, 0) is 0 Å². The number of benzene rings is 3. The van der Waals surface area contributed by atoms with Gasteiger partial charge < -0.3 is 9.21 Å². The Kier molecular flexibility index (Phi) is 4.87. The molecule has 28 heavy (non-hydrogen) atoms. The van der Waals surface area contributed by atoms with E-state index in [1.807, 2.05) is 24.1 Å². The summed E-state index contributed by atoms with van der Waals surface area (Å²) in [4.78, 5) is 6.28. The molecule has 0 atom stereocenters. The summed E-state index contributed by atoms with van der Waals surface area (Å²) < 4.78 is 15.6. The Labute approximate surface area is 169 Å². The van der Waals surface area contributed by atoms with Crippen LogP contribution in [0.25, 0.3) is 10.8 Å². The molecule has 3 aromatic carbocycles. The van der Waals surface area contributed by atoms with Gasteiger partial charge in [-0.2, -0.15) is 0 Å². The first-order chi connectivity index (χ1) is 13.8. The molecule has 0 N–H and O–H groups in total. The van der Waals surface area contributed by atoms with Crippen molar-refractivity contribution in [3.8, 4) is 0 Å². The van der Waals surface area contributed by atoms with Gasteiger partial charge in [-0.1, -0.05) is 24.3 Å². The van der Waals surface area contributed by atoms with Gasteiger partial charge in [0.05, 0.1) is 5.69 Å². The molecule has 0 amide bonds. The molecule has 5 rings (SSSR count). The minimum Gasteiger partial charge on any atom is -0.369 e. The van der Waals surface area contributed by atoms with Crippen molar-refractivity contribution in [1.29, 1.82) is 0 Å². The highest BCUT2D eigenvalue weighted by Crippen LogP contribution is 2.45. The lowest BCUT2D eigenvalue weighted by atomic mass is 10.1. The summed E-state index contributed by atoms with van der Waals surface area (Å²) in [5.41, 5.74) is 2.49. The first-order valence-electron chi connectivity index (χ1n) is 9.98. The quantitative estimate of drug-likeness (QED) is 0.563. The normalized spacial score (nSPS) is 16.9. The smallest absolute Gasteiger partial charge is 0.123 e. The lowest BCUT2D eigenvalue weighted by Crippen LogP contribution is -2.46. The molecule has 3 nitrogen and oxygen atoms in total. The van der Waals surface area contributed by atoms with Crippen molar-refractivity contribution >= 4 is 34.1 Å². The number of hydrogen-bond acceptors (Lipinski definition) is 4. The third kappa shape index (κ3) is 3.45. The number of anilines is 2. The molecule has 144 valence electrons.